The van der Waals surface area contributed by atoms with Gasteiger partial charge in [0.05, 0.1) is 6.61 Å². The highest BCUT2D eigenvalue weighted by Gasteiger charge is 2.19. The van der Waals surface area contributed by atoms with E-state index >= 15 is 0 Å². The van der Waals surface area contributed by atoms with Gasteiger partial charge in [0.2, 0.25) is 0 Å². The summed E-state index contributed by atoms with van der Waals surface area (Å²) in [6, 6.07) is 5.08. The number of benzene rings is 1. The Kier molecular flexibility index (Phi) is 7.74. The van der Waals surface area contributed by atoms with E-state index in [4.69, 9.17) is 25.8 Å². The normalized spacial score (nSPS) is 11.6. The van der Waals surface area contributed by atoms with E-state index in [9.17, 15) is 9.59 Å². The lowest BCUT2D eigenvalue weighted by molar-refractivity contribution is -0.167. The van der Waals surface area contributed by atoms with Crippen molar-refractivity contribution >= 4 is 23.5 Å². The number of aryl methyl sites for hydroxylation is 1. The lowest BCUT2D eigenvalue weighted by Gasteiger charge is -2.13. The van der Waals surface area contributed by atoms with Gasteiger partial charge in [0.25, 0.3) is 0 Å². The number of halogens is 1. The van der Waals surface area contributed by atoms with Crippen molar-refractivity contribution in [2.45, 2.75) is 39.7 Å². The molecule has 0 radical (unpaired) electrons. The first-order valence-electron chi connectivity index (χ1n) is 7.19. The van der Waals surface area contributed by atoms with Crippen molar-refractivity contribution < 1.29 is 23.8 Å². The largest absolute Gasteiger partial charge is 0.482 e. The summed E-state index contributed by atoms with van der Waals surface area (Å²) in [6.07, 6.45) is 0.764. The van der Waals surface area contributed by atoms with E-state index in [2.05, 4.69) is 0 Å². The van der Waals surface area contributed by atoms with Crippen molar-refractivity contribution in [3.8, 4) is 5.75 Å². The molecule has 0 amide bonds. The third-order valence-corrected chi connectivity index (χ3v) is 3.10. The van der Waals surface area contributed by atoms with Crippen LogP contribution >= 0.6 is 11.6 Å². The van der Waals surface area contributed by atoms with Gasteiger partial charge >= 0.3 is 11.9 Å². The summed E-state index contributed by atoms with van der Waals surface area (Å²) >= 11 is 5.84. The molecule has 1 atom stereocenters. The molecule has 0 saturated carbocycles. The van der Waals surface area contributed by atoms with E-state index in [1.54, 1.807) is 18.2 Å². The number of ether oxygens (including phenoxy) is 3. The predicted octanol–water partition coefficient (Wildman–Crippen LogP) is 3.30. The van der Waals surface area contributed by atoms with Crippen LogP contribution in [0, 0.1) is 6.92 Å². The second-order valence-corrected chi connectivity index (χ2v) is 5.29. The van der Waals surface area contributed by atoms with Gasteiger partial charge in [-0.15, -0.1) is 0 Å². The highest BCUT2D eigenvalue weighted by Crippen LogP contribution is 2.21. The lowest BCUT2D eigenvalue weighted by Crippen LogP contribution is -2.29. The molecule has 1 aromatic rings. The monoisotopic (exact) mass is 328 g/mol. The Balaban J connectivity index is 2.37. The van der Waals surface area contributed by atoms with E-state index in [0.717, 1.165) is 18.4 Å². The summed E-state index contributed by atoms with van der Waals surface area (Å²) in [5.41, 5.74) is 0.812. The maximum absolute atomic E-state index is 11.7. The van der Waals surface area contributed by atoms with Gasteiger partial charge in [-0.05, 0) is 44.0 Å². The second kappa shape index (κ2) is 9.30. The molecule has 0 spiro atoms. The summed E-state index contributed by atoms with van der Waals surface area (Å²) in [5, 5.41) is 0.593. The van der Waals surface area contributed by atoms with E-state index in [-0.39, 0.29) is 6.61 Å². The molecule has 1 rings (SSSR count). The summed E-state index contributed by atoms with van der Waals surface area (Å²) < 4.78 is 15.3. The number of unbranched alkanes of at least 4 members (excludes halogenated alkanes) is 1. The van der Waals surface area contributed by atoms with Gasteiger partial charge in [-0.25, -0.2) is 9.59 Å². The fourth-order valence-electron chi connectivity index (χ4n) is 1.63. The van der Waals surface area contributed by atoms with Crippen LogP contribution in [0.1, 0.15) is 32.3 Å². The molecule has 0 heterocycles. The molecular weight excluding hydrogens is 308 g/mol. The highest BCUT2D eigenvalue weighted by molar-refractivity contribution is 6.30. The van der Waals surface area contributed by atoms with Crippen LogP contribution in [0.15, 0.2) is 18.2 Å². The van der Waals surface area contributed by atoms with Crippen molar-refractivity contribution in [1.82, 2.24) is 0 Å². The molecule has 0 aliphatic rings. The molecule has 0 aromatic heterocycles. The van der Waals surface area contributed by atoms with Gasteiger partial charge in [-0.3, -0.25) is 0 Å². The Morgan fingerprint density at radius 2 is 2.05 bits per heavy atom. The minimum absolute atomic E-state index is 0.283. The van der Waals surface area contributed by atoms with Crippen LogP contribution in [0.3, 0.4) is 0 Å². The molecule has 0 aliphatic carbocycles. The average Bonchev–Trinajstić information content (AvgIpc) is 2.46. The van der Waals surface area contributed by atoms with Crippen molar-refractivity contribution in [2.24, 2.45) is 0 Å². The molecule has 0 saturated heterocycles. The highest BCUT2D eigenvalue weighted by atomic mass is 35.5. The molecular formula is C16H21ClO5. The first-order chi connectivity index (χ1) is 10.4. The third kappa shape index (κ3) is 6.35. The number of carbonyl (C=O) groups excluding carboxylic acids is 2. The topological polar surface area (TPSA) is 61.8 Å². The number of hydrogen-bond acceptors (Lipinski definition) is 5. The SMILES string of the molecule is CCCCOC(=O)C(C)OC(=O)COc1ccc(Cl)cc1C. The molecule has 0 bridgehead atoms. The average molecular weight is 329 g/mol. The Labute approximate surface area is 135 Å². The van der Waals surface area contributed by atoms with Crippen LogP contribution in [0.2, 0.25) is 5.02 Å². The Bertz CT molecular complexity index is 515. The Morgan fingerprint density at radius 3 is 2.68 bits per heavy atom. The summed E-state index contributed by atoms with van der Waals surface area (Å²) in [6.45, 7) is 5.33. The first-order valence-corrected chi connectivity index (χ1v) is 7.57. The van der Waals surface area contributed by atoms with Gasteiger partial charge in [0.1, 0.15) is 5.75 Å². The van der Waals surface area contributed by atoms with Gasteiger partial charge in [0.15, 0.2) is 12.7 Å². The van der Waals surface area contributed by atoms with E-state index in [1.807, 2.05) is 13.8 Å². The lowest BCUT2D eigenvalue weighted by atomic mass is 10.2. The standard InChI is InChI=1S/C16H21ClO5/c1-4-5-8-20-16(19)12(3)22-15(18)10-21-14-7-6-13(17)9-11(14)2/h6-7,9,12H,4-5,8,10H2,1-3H3. The van der Waals surface area contributed by atoms with Crippen LogP contribution in [-0.4, -0.2) is 31.3 Å². The van der Waals surface area contributed by atoms with E-state index < -0.39 is 18.0 Å². The zero-order valence-corrected chi connectivity index (χ0v) is 13.8. The molecule has 22 heavy (non-hydrogen) atoms. The van der Waals surface area contributed by atoms with E-state index in [0.29, 0.717) is 17.4 Å². The molecule has 1 aromatic carbocycles. The van der Waals surface area contributed by atoms with Gasteiger partial charge in [0, 0.05) is 5.02 Å². The zero-order valence-electron chi connectivity index (χ0n) is 13.1. The molecule has 6 heteroatoms. The van der Waals surface area contributed by atoms with Gasteiger partial charge in [-0.2, -0.15) is 0 Å². The minimum atomic E-state index is -0.945. The molecule has 122 valence electrons. The van der Waals surface area contributed by atoms with Crippen molar-refractivity contribution in [3.05, 3.63) is 28.8 Å². The van der Waals surface area contributed by atoms with Crippen LogP contribution < -0.4 is 4.74 Å². The number of rotatable bonds is 8. The fourth-order valence-corrected chi connectivity index (χ4v) is 1.85. The number of carbonyl (C=O) groups is 2. The van der Waals surface area contributed by atoms with Crippen molar-refractivity contribution in [1.29, 1.82) is 0 Å². The Morgan fingerprint density at radius 1 is 1.32 bits per heavy atom. The van der Waals surface area contributed by atoms with Crippen LogP contribution in [-0.2, 0) is 19.1 Å². The van der Waals surface area contributed by atoms with Crippen molar-refractivity contribution in [2.75, 3.05) is 13.2 Å². The summed E-state index contributed by atoms with van der Waals surface area (Å²) in [5.74, 6) is -0.640. The molecule has 0 N–H and O–H groups in total. The predicted molar refractivity (Wildman–Crippen MR) is 83.1 cm³/mol. The van der Waals surface area contributed by atoms with Crippen LogP contribution in [0.5, 0.6) is 5.75 Å². The Hall–Kier alpha value is -1.75. The molecule has 0 fully saturated rings. The quantitative estimate of drug-likeness (QED) is 0.541. The first kappa shape index (κ1) is 18.3. The molecule has 1 unspecified atom stereocenters. The third-order valence-electron chi connectivity index (χ3n) is 2.86. The van der Waals surface area contributed by atoms with Crippen LogP contribution in [0.4, 0.5) is 0 Å². The zero-order chi connectivity index (χ0) is 16.5. The molecule has 0 aliphatic heterocycles. The number of esters is 2. The van der Waals surface area contributed by atoms with Crippen molar-refractivity contribution in [3.63, 3.8) is 0 Å². The van der Waals surface area contributed by atoms with Gasteiger partial charge in [-0.1, -0.05) is 24.9 Å². The van der Waals surface area contributed by atoms with E-state index in [1.165, 1.54) is 6.92 Å². The fraction of sp³-hybridized carbons (Fsp3) is 0.500. The summed E-state index contributed by atoms with van der Waals surface area (Å²) in [4.78, 5) is 23.2. The molecule has 5 nitrogen and oxygen atoms in total. The number of hydrogen-bond donors (Lipinski definition) is 0. The smallest absolute Gasteiger partial charge is 0.347 e. The van der Waals surface area contributed by atoms with Crippen LogP contribution in [0.25, 0.3) is 0 Å². The second-order valence-electron chi connectivity index (χ2n) is 4.85. The van der Waals surface area contributed by atoms with Gasteiger partial charge < -0.3 is 14.2 Å². The summed E-state index contributed by atoms with van der Waals surface area (Å²) in [7, 11) is 0. The maximum atomic E-state index is 11.7. The minimum Gasteiger partial charge on any atom is -0.482 e. The maximum Gasteiger partial charge on any atom is 0.347 e.